The predicted molar refractivity (Wildman–Crippen MR) is 78.4 cm³/mol. The van der Waals surface area contributed by atoms with E-state index in [9.17, 15) is 13.0 Å². The summed E-state index contributed by atoms with van der Waals surface area (Å²) in [6.07, 6.45) is 0. The molecule has 0 bridgehead atoms. The quantitative estimate of drug-likeness (QED) is 0.924. The number of halogens is 2. The predicted octanol–water partition coefficient (Wildman–Crippen LogP) is 2.03. The molecule has 1 aliphatic rings. The summed E-state index contributed by atoms with van der Waals surface area (Å²) in [7, 11) is -0.857. The van der Waals surface area contributed by atoms with Crippen molar-refractivity contribution in [3.63, 3.8) is 0 Å². The van der Waals surface area contributed by atoms with Crippen LogP contribution in [0.3, 0.4) is 0 Å². The molecule has 112 valence electrons. The van der Waals surface area contributed by atoms with E-state index in [-0.39, 0.29) is 11.7 Å². The van der Waals surface area contributed by atoms with Gasteiger partial charge in [-0.3, -0.25) is 4.21 Å². The molecule has 2 rings (SSSR count). The van der Waals surface area contributed by atoms with E-state index in [2.05, 4.69) is 5.32 Å². The third-order valence-corrected chi connectivity index (χ3v) is 4.56. The van der Waals surface area contributed by atoms with Crippen molar-refractivity contribution < 1.29 is 13.0 Å². The molecule has 1 heterocycles. The standard InChI is InChI=1S/C14H20F2N2OS/c1-10(2)17-9-11-7-12(15)14(13(16)8-11)18-3-5-20(19)6-4-18/h7-8,10,17H,3-6,9H2,1-2H3. The van der Waals surface area contributed by atoms with E-state index >= 15 is 0 Å². The van der Waals surface area contributed by atoms with E-state index in [1.807, 2.05) is 13.8 Å². The van der Waals surface area contributed by atoms with E-state index in [4.69, 9.17) is 0 Å². The monoisotopic (exact) mass is 302 g/mol. The number of nitrogens with zero attached hydrogens (tertiary/aromatic N) is 1. The lowest BCUT2D eigenvalue weighted by molar-refractivity contribution is 0.554. The van der Waals surface area contributed by atoms with E-state index in [0.717, 1.165) is 0 Å². The van der Waals surface area contributed by atoms with Gasteiger partial charge in [0, 0.05) is 48.0 Å². The molecular formula is C14H20F2N2OS. The molecular weight excluding hydrogens is 282 g/mol. The lowest BCUT2D eigenvalue weighted by Crippen LogP contribution is -2.38. The topological polar surface area (TPSA) is 32.3 Å². The maximum atomic E-state index is 14.1. The molecule has 6 heteroatoms. The maximum absolute atomic E-state index is 14.1. The highest BCUT2D eigenvalue weighted by molar-refractivity contribution is 7.85. The molecule has 1 fully saturated rings. The van der Waals surface area contributed by atoms with Crippen molar-refractivity contribution in [2.24, 2.45) is 0 Å². The van der Waals surface area contributed by atoms with E-state index < -0.39 is 22.4 Å². The Morgan fingerprint density at radius 1 is 1.25 bits per heavy atom. The van der Waals surface area contributed by atoms with Crippen LogP contribution in [0.2, 0.25) is 0 Å². The normalized spacial score (nSPS) is 16.9. The number of hydrogen-bond acceptors (Lipinski definition) is 3. The minimum atomic E-state index is -0.857. The van der Waals surface area contributed by atoms with Crippen molar-refractivity contribution in [2.75, 3.05) is 29.5 Å². The molecule has 1 saturated heterocycles. The van der Waals surface area contributed by atoms with Crippen LogP contribution < -0.4 is 10.2 Å². The first kappa shape index (κ1) is 15.4. The van der Waals surface area contributed by atoms with E-state index in [1.54, 1.807) is 4.90 Å². The second kappa shape index (κ2) is 6.63. The van der Waals surface area contributed by atoms with Crippen LogP contribution in [0.4, 0.5) is 14.5 Å². The van der Waals surface area contributed by atoms with Gasteiger partial charge in [0.1, 0.15) is 17.3 Å². The zero-order valence-corrected chi connectivity index (χ0v) is 12.6. The van der Waals surface area contributed by atoms with Crippen molar-refractivity contribution >= 4 is 16.5 Å². The highest BCUT2D eigenvalue weighted by Gasteiger charge is 2.22. The molecule has 1 aromatic carbocycles. The summed E-state index contributed by atoms with van der Waals surface area (Å²) in [5.41, 5.74) is 0.605. The number of nitrogens with one attached hydrogen (secondary N) is 1. The third-order valence-electron chi connectivity index (χ3n) is 3.29. The summed E-state index contributed by atoms with van der Waals surface area (Å²) in [6, 6.07) is 3.01. The summed E-state index contributed by atoms with van der Waals surface area (Å²) in [5, 5.41) is 3.13. The molecule has 0 saturated carbocycles. The van der Waals surface area contributed by atoms with Gasteiger partial charge >= 0.3 is 0 Å². The van der Waals surface area contributed by atoms with Crippen molar-refractivity contribution in [1.29, 1.82) is 0 Å². The summed E-state index contributed by atoms with van der Waals surface area (Å²) < 4.78 is 39.6. The van der Waals surface area contributed by atoms with Crippen molar-refractivity contribution in [1.82, 2.24) is 5.32 Å². The second-order valence-corrected chi connectivity index (χ2v) is 6.97. The van der Waals surface area contributed by atoms with Crippen molar-refractivity contribution in [2.45, 2.75) is 26.4 Å². The molecule has 1 aliphatic heterocycles. The summed E-state index contributed by atoms with van der Waals surface area (Å²) in [5.74, 6) is -0.151. The number of anilines is 1. The Labute approximate surface area is 120 Å². The minimum absolute atomic E-state index is 0.00926. The van der Waals surface area contributed by atoms with Crippen LogP contribution in [-0.2, 0) is 17.3 Å². The van der Waals surface area contributed by atoms with Crippen LogP contribution in [0.1, 0.15) is 19.4 Å². The first-order valence-electron chi connectivity index (χ1n) is 6.78. The maximum Gasteiger partial charge on any atom is 0.149 e. The van der Waals surface area contributed by atoms with Gasteiger partial charge in [0.2, 0.25) is 0 Å². The molecule has 0 aliphatic carbocycles. The van der Waals surface area contributed by atoms with Crippen LogP contribution >= 0.6 is 0 Å². The van der Waals surface area contributed by atoms with Gasteiger partial charge in [-0.2, -0.15) is 0 Å². The Morgan fingerprint density at radius 3 is 2.30 bits per heavy atom. The zero-order valence-electron chi connectivity index (χ0n) is 11.8. The molecule has 0 atom stereocenters. The molecule has 0 spiro atoms. The Hall–Kier alpha value is -1.01. The Bertz CT molecular complexity index is 475. The lowest BCUT2D eigenvalue weighted by atomic mass is 10.1. The first-order valence-corrected chi connectivity index (χ1v) is 8.27. The molecule has 1 N–H and O–H groups in total. The molecule has 0 amide bonds. The van der Waals surface area contributed by atoms with Crippen molar-refractivity contribution in [3.05, 3.63) is 29.3 Å². The smallest absolute Gasteiger partial charge is 0.149 e. The van der Waals surface area contributed by atoms with Gasteiger partial charge in [0.05, 0.1) is 0 Å². The molecule has 0 aromatic heterocycles. The largest absolute Gasteiger partial charge is 0.365 e. The van der Waals surface area contributed by atoms with Crippen LogP contribution in [0.25, 0.3) is 0 Å². The molecule has 1 aromatic rings. The number of hydrogen-bond donors (Lipinski definition) is 1. The molecule has 20 heavy (non-hydrogen) atoms. The van der Waals surface area contributed by atoms with Gasteiger partial charge in [-0.05, 0) is 17.7 Å². The van der Waals surface area contributed by atoms with Crippen LogP contribution in [-0.4, -0.2) is 34.8 Å². The molecule has 0 radical (unpaired) electrons. The summed E-state index contributed by atoms with van der Waals surface area (Å²) in [6.45, 7) is 5.27. The van der Waals surface area contributed by atoms with Gasteiger partial charge in [-0.25, -0.2) is 8.78 Å². The average molecular weight is 302 g/mol. The van der Waals surface area contributed by atoms with Gasteiger partial charge in [0.25, 0.3) is 0 Å². The van der Waals surface area contributed by atoms with Gasteiger partial charge in [0.15, 0.2) is 0 Å². The number of rotatable bonds is 4. The summed E-state index contributed by atoms with van der Waals surface area (Å²) >= 11 is 0. The SMILES string of the molecule is CC(C)NCc1cc(F)c(N2CCS(=O)CC2)c(F)c1. The Balaban J connectivity index is 2.16. The zero-order chi connectivity index (χ0) is 14.7. The highest BCUT2D eigenvalue weighted by Crippen LogP contribution is 2.26. The minimum Gasteiger partial charge on any atom is -0.365 e. The highest BCUT2D eigenvalue weighted by atomic mass is 32.2. The van der Waals surface area contributed by atoms with Gasteiger partial charge < -0.3 is 10.2 Å². The Kier molecular flexibility index (Phi) is 5.10. The average Bonchev–Trinajstić information content (AvgIpc) is 2.38. The first-order chi connectivity index (χ1) is 9.47. The third kappa shape index (κ3) is 3.76. The van der Waals surface area contributed by atoms with Crippen LogP contribution in [0.15, 0.2) is 12.1 Å². The van der Waals surface area contributed by atoms with E-state index in [0.29, 0.717) is 36.7 Å². The second-order valence-electron chi connectivity index (χ2n) is 5.28. The van der Waals surface area contributed by atoms with Crippen LogP contribution in [0.5, 0.6) is 0 Å². The fourth-order valence-corrected chi connectivity index (χ4v) is 3.26. The molecule has 3 nitrogen and oxygen atoms in total. The van der Waals surface area contributed by atoms with E-state index in [1.165, 1.54) is 12.1 Å². The lowest BCUT2D eigenvalue weighted by Gasteiger charge is -2.29. The fourth-order valence-electron chi connectivity index (χ4n) is 2.21. The Morgan fingerprint density at radius 2 is 1.80 bits per heavy atom. The van der Waals surface area contributed by atoms with Gasteiger partial charge in [-0.15, -0.1) is 0 Å². The molecule has 0 unspecified atom stereocenters. The fraction of sp³-hybridized carbons (Fsp3) is 0.571. The van der Waals surface area contributed by atoms with Crippen molar-refractivity contribution in [3.8, 4) is 0 Å². The van der Waals surface area contributed by atoms with Crippen LogP contribution in [0, 0.1) is 11.6 Å². The number of benzene rings is 1. The van der Waals surface area contributed by atoms with Gasteiger partial charge in [-0.1, -0.05) is 13.8 Å². The summed E-state index contributed by atoms with van der Waals surface area (Å²) in [4.78, 5) is 1.64.